The van der Waals surface area contributed by atoms with E-state index >= 15 is 0 Å². The standard InChI is InChI=1S/C15H26N2O2/c18-13-5-3-6-15(13)7-4-8-16(12-15)11-14(19)17-9-1-2-10-17/h13,18H,1-12H2/t13-,15-/m1/s1. The fourth-order valence-electron chi connectivity index (χ4n) is 4.25. The molecule has 0 radical (unpaired) electrons. The van der Waals surface area contributed by atoms with Gasteiger partial charge in [-0.1, -0.05) is 6.42 Å². The van der Waals surface area contributed by atoms with Gasteiger partial charge in [0.1, 0.15) is 0 Å². The Morgan fingerprint density at radius 1 is 1.11 bits per heavy atom. The van der Waals surface area contributed by atoms with Gasteiger partial charge in [0.05, 0.1) is 12.6 Å². The molecule has 2 heterocycles. The zero-order chi connectivity index (χ0) is 13.3. The number of rotatable bonds is 2. The highest BCUT2D eigenvalue weighted by molar-refractivity contribution is 5.78. The van der Waals surface area contributed by atoms with Crippen LogP contribution in [0.25, 0.3) is 0 Å². The molecular formula is C15H26N2O2. The van der Waals surface area contributed by atoms with Crippen LogP contribution in [-0.4, -0.2) is 59.6 Å². The largest absolute Gasteiger partial charge is 0.393 e. The normalized spacial score (nSPS) is 36.3. The van der Waals surface area contributed by atoms with Crippen LogP contribution in [0.2, 0.25) is 0 Å². The highest BCUT2D eigenvalue weighted by Gasteiger charge is 2.44. The molecule has 1 amide bonds. The lowest BCUT2D eigenvalue weighted by molar-refractivity contribution is -0.132. The van der Waals surface area contributed by atoms with E-state index in [0.717, 1.165) is 71.1 Å². The number of amides is 1. The van der Waals surface area contributed by atoms with Gasteiger partial charge in [-0.2, -0.15) is 0 Å². The molecule has 3 aliphatic rings. The molecule has 2 atom stereocenters. The molecule has 2 saturated heterocycles. The maximum absolute atomic E-state index is 12.2. The first-order chi connectivity index (χ1) is 9.20. The molecule has 0 unspecified atom stereocenters. The predicted octanol–water partition coefficient (Wildman–Crippen LogP) is 1.24. The Morgan fingerprint density at radius 2 is 1.84 bits per heavy atom. The van der Waals surface area contributed by atoms with Gasteiger partial charge in [0.15, 0.2) is 0 Å². The third kappa shape index (κ3) is 2.65. The van der Waals surface area contributed by atoms with Gasteiger partial charge in [-0.15, -0.1) is 0 Å². The van der Waals surface area contributed by atoms with E-state index in [1.165, 1.54) is 0 Å². The van der Waals surface area contributed by atoms with Crippen LogP contribution in [0.15, 0.2) is 0 Å². The summed E-state index contributed by atoms with van der Waals surface area (Å²) in [6.45, 7) is 4.40. The first kappa shape index (κ1) is 13.4. The molecule has 1 spiro atoms. The molecule has 19 heavy (non-hydrogen) atoms. The third-order valence-electron chi connectivity index (χ3n) is 5.36. The number of likely N-dealkylation sites (tertiary alicyclic amines) is 2. The molecule has 1 N–H and O–H groups in total. The quantitative estimate of drug-likeness (QED) is 0.818. The topological polar surface area (TPSA) is 43.8 Å². The van der Waals surface area contributed by atoms with Crippen molar-refractivity contribution < 1.29 is 9.90 Å². The second-order valence-electron chi connectivity index (χ2n) is 6.67. The molecule has 0 aromatic carbocycles. The minimum atomic E-state index is -0.141. The molecule has 4 nitrogen and oxygen atoms in total. The second kappa shape index (κ2) is 5.41. The summed E-state index contributed by atoms with van der Waals surface area (Å²) in [5, 5.41) is 10.2. The molecule has 2 aliphatic heterocycles. The van der Waals surface area contributed by atoms with Crippen LogP contribution in [-0.2, 0) is 4.79 Å². The molecule has 0 aromatic heterocycles. The average molecular weight is 266 g/mol. The maximum Gasteiger partial charge on any atom is 0.236 e. The number of hydrogen-bond acceptors (Lipinski definition) is 3. The fourth-order valence-corrected chi connectivity index (χ4v) is 4.25. The first-order valence-corrected chi connectivity index (χ1v) is 7.88. The lowest BCUT2D eigenvalue weighted by Crippen LogP contribution is -2.50. The molecule has 1 aliphatic carbocycles. The van der Waals surface area contributed by atoms with Crippen molar-refractivity contribution in [1.82, 2.24) is 9.80 Å². The van der Waals surface area contributed by atoms with E-state index in [1.807, 2.05) is 4.90 Å². The summed E-state index contributed by atoms with van der Waals surface area (Å²) < 4.78 is 0. The van der Waals surface area contributed by atoms with Gasteiger partial charge in [-0.3, -0.25) is 9.69 Å². The van der Waals surface area contributed by atoms with Crippen molar-refractivity contribution in [1.29, 1.82) is 0 Å². The van der Waals surface area contributed by atoms with E-state index in [2.05, 4.69) is 4.90 Å². The van der Waals surface area contributed by atoms with Crippen molar-refractivity contribution in [3.05, 3.63) is 0 Å². The Kier molecular flexibility index (Phi) is 3.81. The summed E-state index contributed by atoms with van der Waals surface area (Å²) in [5.74, 6) is 0.294. The van der Waals surface area contributed by atoms with Crippen molar-refractivity contribution >= 4 is 5.91 Å². The molecule has 4 heteroatoms. The Labute approximate surface area is 115 Å². The zero-order valence-electron chi connectivity index (χ0n) is 11.8. The average Bonchev–Trinajstić information content (AvgIpc) is 3.02. The van der Waals surface area contributed by atoms with Crippen LogP contribution in [0.4, 0.5) is 0 Å². The smallest absolute Gasteiger partial charge is 0.236 e. The maximum atomic E-state index is 12.2. The molecular weight excluding hydrogens is 240 g/mol. The van der Waals surface area contributed by atoms with E-state index < -0.39 is 0 Å². The number of aliphatic hydroxyl groups is 1. The molecule has 108 valence electrons. The lowest BCUT2D eigenvalue weighted by Gasteiger charge is -2.42. The van der Waals surface area contributed by atoms with E-state index in [4.69, 9.17) is 0 Å². The van der Waals surface area contributed by atoms with Gasteiger partial charge >= 0.3 is 0 Å². The van der Waals surface area contributed by atoms with Crippen molar-refractivity contribution in [2.45, 2.75) is 51.0 Å². The van der Waals surface area contributed by atoms with Gasteiger partial charge in [-0.05, 0) is 45.1 Å². The summed E-state index contributed by atoms with van der Waals surface area (Å²) in [4.78, 5) is 16.5. The van der Waals surface area contributed by atoms with Gasteiger partial charge in [0.25, 0.3) is 0 Å². The van der Waals surface area contributed by atoms with Gasteiger partial charge in [0.2, 0.25) is 5.91 Å². The SMILES string of the molecule is O=C(CN1CCC[C@]2(CCC[C@H]2O)C1)N1CCCC1. The molecule has 0 aromatic rings. The summed E-state index contributed by atoms with van der Waals surface area (Å²) in [6.07, 6.45) is 7.69. The summed E-state index contributed by atoms with van der Waals surface area (Å²) >= 11 is 0. The van der Waals surface area contributed by atoms with E-state index in [9.17, 15) is 9.90 Å². The molecule has 3 rings (SSSR count). The Hall–Kier alpha value is -0.610. The monoisotopic (exact) mass is 266 g/mol. The first-order valence-electron chi connectivity index (χ1n) is 7.88. The Balaban J connectivity index is 1.57. The van der Waals surface area contributed by atoms with Crippen molar-refractivity contribution in [3.8, 4) is 0 Å². The van der Waals surface area contributed by atoms with E-state index in [1.54, 1.807) is 0 Å². The Bertz CT molecular complexity index is 341. The number of aliphatic hydroxyl groups excluding tert-OH is 1. The van der Waals surface area contributed by atoms with Crippen LogP contribution in [0.1, 0.15) is 44.9 Å². The van der Waals surface area contributed by atoms with Gasteiger partial charge in [0, 0.05) is 25.0 Å². The number of hydrogen-bond donors (Lipinski definition) is 1. The highest BCUT2D eigenvalue weighted by Crippen LogP contribution is 2.44. The number of nitrogens with zero attached hydrogens (tertiary/aromatic N) is 2. The highest BCUT2D eigenvalue weighted by atomic mass is 16.3. The fraction of sp³-hybridized carbons (Fsp3) is 0.933. The van der Waals surface area contributed by atoms with E-state index in [-0.39, 0.29) is 11.5 Å². The van der Waals surface area contributed by atoms with Crippen LogP contribution >= 0.6 is 0 Å². The van der Waals surface area contributed by atoms with E-state index in [0.29, 0.717) is 12.5 Å². The predicted molar refractivity (Wildman–Crippen MR) is 73.8 cm³/mol. The number of carbonyl (C=O) groups is 1. The minimum Gasteiger partial charge on any atom is -0.393 e. The lowest BCUT2D eigenvalue weighted by atomic mass is 9.77. The second-order valence-corrected chi connectivity index (χ2v) is 6.67. The van der Waals surface area contributed by atoms with Crippen molar-refractivity contribution in [2.24, 2.45) is 5.41 Å². The molecule has 3 fully saturated rings. The molecule has 0 bridgehead atoms. The van der Waals surface area contributed by atoms with Gasteiger partial charge in [-0.25, -0.2) is 0 Å². The number of piperidine rings is 1. The minimum absolute atomic E-state index is 0.101. The Morgan fingerprint density at radius 3 is 2.53 bits per heavy atom. The van der Waals surface area contributed by atoms with Crippen molar-refractivity contribution in [3.63, 3.8) is 0 Å². The van der Waals surface area contributed by atoms with Crippen LogP contribution in [0.3, 0.4) is 0 Å². The van der Waals surface area contributed by atoms with Crippen LogP contribution < -0.4 is 0 Å². The summed E-state index contributed by atoms with van der Waals surface area (Å²) in [5.41, 5.74) is 0.101. The van der Waals surface area contributed by atoms with Crippen LogP contribution in [0, 0.1) is 5.41 Å². The number of carbonyl (C=O) groups excluding carboxylic acids is 1. The van der Waals surface area contributed by atoms with Crippen molar-refractivity contribution in [2.75, 3.05) is 32.7 Å². The molecule has 1 saturated carbocycles. The van der Waals surface area contributed by atoms with Gasteiger partial charge < -0.3 is 10.0 Å². The third-order valence-corrected chi connectivity index (χ3v) is 5.36. The summed E-state index contributed by atoms with van der Waals surface area (Å²) in [7, 11) is 0. The summed E-state index contributed by atoms with van der Waals surface area (Å²) in [6, 6.07) is 0. The van der Waals surface area contributed by atoms with Crippen LogP contribution in [0.5, 0.6) is 0 Å². The zero-order valence-corrected chi connectivity index (χ0v) is 11.8.